The fraction of sp³-hybridized carbons (Fsp3) is 1.00. The van der Waals surface area contributed by atoms with Crippen molar-refractivity contribution in [3.8, 4) is 0 Å². The molecule has 0 aliphatic carbocycles. The van der Waals surface area contributed by atoms with Crippen molar-refractivity contribution in [3.05, 3.63) is 0 Å². The van der Waals surface area contributed by atoms with Crippen LogP contribution in [0.2, 0.25) is 0 Å². The number of methoxy groups -OCH3 is 1. The smallest absolute Gasteiger partial charge is 0.0645 e. The number of nitrogens with one attached hydrogen (secondary N) is 1. The van der Waals surface area contributed by atoms with Gasteiger partial charge in [0.15, 0.2) is 0 Å². The maximum absolute atomic E-state index is 5.86. The first-order chi connectivity index (χ1) is 7.85. The zero-order valence-electron chi connectivity index (χ0n) is 10.5. The predicted octanol–water partition coefficient (Wildman–Crippen LogP) is 2.10. The first-order valence-corrected chi connectivity index (χ1v) is 6.70. The van der Waals surface area contributed by atoms with Gasteiger partial charge in [-0.2, -0.15) is 0 Å². The molecule has 2 rings (SSSR count). The van der Waals surface area contributed by atoms with Gasteiger partial charge in [-0.1, -0.05) is 6.42 Å². The summed E-state index contributed by atoms with van der Waals surface area (Å²) in [7, 11) is 1.81. The Balaban J connectivity index is 1.89. The Kier molecular flexibility index (Phi) is 4.62. The minimum absolute atomic E-state index is 0.189. The van der Waals surface area contributed by atoms with E-state index in [9.17, 15) is 0 Å². The van der Waals surface area contributed by atoms with Crippen LogP contribution < -0.4 is 5.32 Å². The third kappa shape index (κ3) is 3.19. The Morgan fingerprint density at radius 1 is 1.31 bits per heavy atom. The molecule has 2 unspecified atom stereocenters. The summed E-state index contributed by atoms with van der Waals surface area (Å²) < 4.78 is 11.3. The Bertz CT molecular complexity index is 191. The Hall–Kier alpha value is -0.120. The molecule has 2 fully saturated rings. The van der Waals surface area contributed by atoms with Crippen molar-refractivity contribution < 1.29 is 9.47 Å². The molecule has 0 aromatic carbocycles. The third-order valence-corrected chi connectivity index (χ3v) is 3.90. The second kappa shape index (κ2) is 5.99. The molecule has 0 aromatic heterocycles. The number of hydrogen-bond donors (Lipinski definition) is 1. The minimum atomic E-state index is 0.189. The van der Waals surface area contributed by atoms with Gasteiger partial charge >= 0.3 is 0 Å². The fourth-order valence-electron chi connectivity index (χ4n) is 3.07. The van der Waals surface area contributed by atoms with Gasteiger partial charge in [-0.3, -0.25) is 0 Å². The van der Waals surface area contributed by atoms with Crippen LogP contribution in [-0.2, 0) is 9.47 Å². The minimum Gasteiger partial charge on any atom is -0.383 e. The molecule has 1 N–H and O–H groups in total. The first-order valence-electron chi connectivity index (χ1n) is 6.70. The summed E-state index contributed by atoms with van der Waals surface area (Å²) in [5, 5.41) is 3.68. The lowest BCUT2D eigenvalue weighted by Crippen LogP contribution is -2.54. The summed E-state index contributed by atoms with van der Waals surface area (Å²) in [5.74, 6) is 0. The second-order valence-electron chi connectivity index (χ2n) is 5.29. The molecule has 0 radical (unpaired) electrons. The van der Waals surface area contributed by atoms with Crippen molar-refractivity contribution in [3.63, 3.8) is 0 Å². The van der Waals surface area contributed by atoms with E-state index in [1.54, 1.807) is 7.11 Å². The van der Waals surface area contributed by atoms with Gasteiger partial charge in [-0.05, 0) is 45.1 Å². The van der Waals surface area contributed by atoms with Gasteiger partial charge in [0.25, 0.3) is 0 Å². The molecule has 2 saturated heterocycles. The predicted molar refractivity (Wildman–Crippen MR) is 64.7 cm³/mol. The lowest BCUT2D eigenvalue weighted by atomic mass is 9.83. The highest BCUT2D eigenvalue weighted by Crippen LogP contribution is 2.29. The molecule has 0 bridgehead atoms. The summed E-state index contributed by atoms with van der Waals surface area (Å²) in [6.45, 7) is 2.91. The average Bonchev–Trinajstić information content (AvgIpc) is 2.31. The molecule has 16 heavy (non-hydrogen) atoms. The van der Waals surface area contributed by atoms with Crippen LogP contribution >= 0.6 is 0 Å². The van der Waals surface area contributed by atoms with Crippen molar-refractivity contribution >= 4 is 0 Å². The van der Waals surface area contributed by atoms with Crippen LogP contribution in [0.5, 0.6) is 0 Å². The quantitative estimate of drug-likeness (QED) is 0.798. The number of piperidine rings is 1. The van der Waals surface area contributed by atoms with Crippen molar-refractivity contribution in [1.82, 2.24) is 5.32 Å². The summed E-state index contributed by atoms with van der Waals surface area (Å²) >= 11 is 0. The second-order valence-corrected chi connectivity index (χ2v) is 5.29. The zero-order chi connectivity index (χ0) is 11.3. The maximum atomic E-state index is 5.86. The molecule has 2 aliphatic heterocycles. The third-order valence-electron chi connectivity index (χ3n) is 3.90. The van der Waals surface area contributed by atoms with Gasteiger partial charge in [0, 0.05) is 19.3 Å². The maximum Gasteiger partial charge on any atom is 0.0645 e. The summed E-state index contributed by atoms with van der Waals surface area (Å²) in [6.07, 6.45) is 9.23. The number of ether oxygens (including phenoxy) is 2. The van der Waals surface area contributed by atoms with Crippen LogP contribution in [0.4, 0.5) is 0 Å². The van der Waals surface area contributed by atoms with Crippen molar-refractivity contribution in [1.29, 1.82) is 0 Å². The van der Waals surface area contributed by atoms with Crippen LogP contribution in [-0.4, -0.2) is 38.5 Å². The molecular weight excluding hydrogens is 202 g/mol. The molecule has 2 atom stereocenters. The molecule has 3 nitrogen and oxygen atoms in total. The summed E-state index contributed by atoms with van der Waals surface area (Å²) in [5.41, 5.74) is 0.189. The number of hydrogen-bond acceptors (Lipinski definition) is 3. The largest absolute Gasteiger partial charge is 0.383 e. The van der Waals surface area contributed by atoms with E-state index in [0.29, 0.717) is 6.10 Å². The van der Waals surface area contributed by atoms with E-state index in [1.807, 2.05) is 0 Å². The Morgan fingerprint density at radius 3 is 2.88 bits per heavy atom. The zero-order valence-corrected chi connectivity index (χ0v) is 10.5. The van der Waals surface area contributed by atoms with E-state index in [0.717, 1.165) is 26.2 Å². The van der Waals surface area contributed by atoms with Crippen molar-refractivity contribution in [2.45, 2.75) is 56.6 Å². The lowest BCUT2D eigenvalue weighted by Gasteiger charge is -2.41. The van der Waals surface area contributed by atoms with Crippen molar-refractivity contribution in [2.75, 3.05) is 26.9 Å². The van der Waals surface area contributed by atoms with Crippen LogP contribution in [0, 0.1) is 0 Å². The van der Waals surface area contributed by atoms with E-state index >= 15 is 0 Å². The van der Waals surface area contributed by atoms with Gasteiger partial charge in [0.05, 0.1) is 12.7 Å². The molecule has 2 aliphatic rings. The average molecular weight is 227 g/mol. The van der Waals surface area contributed by atoms with Gasteiger partial charge in [-0.15, -0.1) is 0 Å². The summed E-state index contributed by atoms with van der Waals surface area (Å²) in [4.78, 5) is 0. The van der Waals surface area contributed by atoms with Gasteiger partial charge in [-0.25, -0.2) is 0 Å². The van der Waals surface area contributed by atoms with Crippen LogP contribution in [0.1, 0.15) is 44.9 Å². The molecule has 0 spiro atoms. The monoisotopic (exact) mass is 227 g/mol. The van der Waals surface area contributed by atoms with E-state index in [1.165, 1.54) is 38.5 Å². The highest BCUT2D eigenvalue weighted by Gasteiger charge is 2.35. The molecule has 2 heterocycles. The van der Waals surface area contributed by atoms with Crippen LogP contribution in [0.3, 0.4) is 0 Å². The molecule has 94 valence electrons. The van der Waals surface area contributed by atoms with Crippen LogP contribution in [0.25, 0.3) is 0 Å². The van der Waals surface area contributed by atoms with E-state index in [2.05, 4.69) is 5.32 Å². The van der Waals surface area contributed by atoms with Crippen molar-refractivity contribution in [2.24, 2.45) is 0 Å². The standard InChI is InChI=1S/C13H25NO2/c1-15-11-13(7-3-4-8-14-13)10-12-6-2-5-9-16-12/h12,14H,2-11H2,1H3. The van der Waals surface area contributed by atoms with E-state index in [-0.39, 0.29) is 5.54 Å². The van der Waals surface area contributed by atoms with Gasteiger partial charge in [0.2, 0.25) is 0 Å². The fourth-order valence-corrected chi connectivity index (χ4v) is 3.07. The highest BCUT2D eigenvalue weighted by atomic mass is 16.5. The molecular formula is C13H25NO2. The van der Waals surface area contributed by atoms with E-state index in [4.69, 9.17) is 9.47 Å². The normalized spacial score (nSPS) is 36.2. The van der Waals surface area contributed by atoms with Gasteiger partial charge in [0.1, 0.15) is 0 Å². The Labute approximate surface area is 98.9 Å². The molecule has 0 aromatic rings. The number of rotatable bonds is 4. The molecule has 0 saturated carbocycles. The first kappa shape index (κ1) is 12.3. The SMILES string of the molecule is COCC1(CC2CCCCO2)CCCCN1. The van der Waals surface area contributed by atoms with Gasteiger partial charge < -0.3 is 14.8 Å². The highest BCUT2D eigenvalue weighted by molar-refractivity contribution is 4.93. The Morgan fingerprint density at radius 2 is 2.25 bits per heavy atom. The summed E-state index contributed by atoms with van der Waals surface area (Å²) in [6, 6.07) is 0. The van der Waals surface area contributed by atoms with E-state index < -0.39 is 0 Å². The molecule has 3 heteroatoms. The van der Waals surface area contributed by atoms with Crippen LogP contribution in [0.15, 0.2) is 0 Å². The molecule has 0 amide bonds. The lowest BCUT2D eigenvalue weighted by molar-refractivity contribution is -0.0251. The topological polar surface area (TPSA) is 30.5 Å².